The van der Waals surface area contributed by atoms with Gasteiger partial charge in [-0.05, 0) is 69.9 Å². The van der Waals surface area contributed by atoms with Gasteiger partial charge < -0.3 is 10.1 Å². The maximum absolute atomic E-state index is 5.79. The first kappa shape index (κ1) is 16.3. The summed E-state index contributed by atoms with van der Waals surface area (Å²) in [6.07, 6.45) is 2.91. The van der Waals surface area contributed by atoms with E-state index >= 15 is 0 Å². The minimum absolute atomic E-state index is 0.236. The molecule has 3 nitrogen and oxygen atoms in total. The first-order valence-electron chi connectivity index (χ1n) is 8.36. The first-order valence-corrected chi connectivity index (χ1v) is 8.36. The summed E-state index contributed by atoms with van der Waals surface area (Å²) in [6.45, 7) is 12.0. The monoisotopic (exact) mass is 290 g/mol. The van der Waals surface area contributed by atoms with Crippen molar-refractivity contribution in [3.8, 4) is 5.75 Å². The Balaban J connectivity index is 1.88. The van der Waals surface area contributed by atoms with Crippen LogP contribution in [0.3, 0.4) is 0 Å². The quantitative estimate of drug-likeness (QED) is 0.834. The minimum Gasteiger partial charge on any atom is -0.491 e. The third-order valence-electron chi connectivity index (χ3n) is 3.96. The van der Waals surface area contributed by atoms with Gasteiger partial charge in [-0.2, -0.15) is 0 Å². The number of hydrogen-bond acceptors (Lipinski definition) is 3. The molecule has 3 heteroatoms. The maximum Gasteiger partial charge on any atom is 0.120 e. The Labute approximate surface area is 129 Å². The molecule has 1 aromatic rings. The summed E-state index contributed by atoms with van der Waals surface area (Å²) < 4.78 is 5.79. The molecule has 21 heavy (non-hydrogen) atoms. The molecule has 0 radical (unpaired) electrons. The number of hydrogen-bond donors (Lipinski definition) is 1. The van der Waals surface area contributed by atoms with Gasteiger partial charge in [0.05, 0.1) is 6.10 Å². The lowest BCUT2D eigenvalue weighted by Gasteiger charge is -2.33. The zero-order valence-corrected chi connectivity index (χ0v) is 13.8. The molecule has 1 N–H and O–H groups in total. The van der Waals surface area contributed by atoms with Crippen LogP contribution >= 0.6 is 0 Å². The van der Waals surface area contributed by atoms with E-state index in [9.17, 15) is 0 Å². The second kappa shape index (κ2) is 8.40. The van der Waals surface area contributed by atoms with Crippen LogP contribution in [0.5, 0.6) is 5.75 Å². The number of piperidine rings is 1. The SMILES string of the molecule is CCNCC1CCCN(Cc2cccc(OC(C)C)c2)C1. The molecule has 0 amide bonds. The van der Waals surface area contributed by atoms with Crippen LogP contribution in [-0.2, 0) is 6.54 Å². The molecule has 0 bridgehead atoms. The molecule has 1 fully saturated rings. The second-order valence-electron chi connectivity index (χ2n) is 6.37. The summed E-state index contributed by atoms with van der Waals surface area (Å²) in [5.41, 5.74) is 1.36. The van der Waals surface area contributed by atoms with E-state index in [-0.39, 0.29) is 6.10 Å². The lowest BCUT2D eigenvalue weighted by Crippen LogP contribution is -2.39. The van der Waals surface area contributed by atoms with Gasteiger partial charge in [-0.1, -0.05) is 19.1 Å². The summed E-state index contributed by atoms with van der Waals surface area (Å²) in [5, 5.41) is 3.49. The summed E-state index contributed by atoms with van der Waals surface area (Å²) in [5.74, 6) is 1.79. The lowest BCUT2D eigenvalue weighted by molar-refractivity contribution is 0.165. The minimum atomic E-state index is 0.236. The Morgan fingerprint density at radius 1 is 1.38 bits per heavy atom. The number of benzene rings is 1. The van der Waals surface area contributed by atoms with E-state index in [4.69, 9.17) is 4.74 Å². The molecule has 1 saturated heterocycles. The highest BCUT2D eigenvalue weighted by atomic mass is 16.5. The van der Waals surface area contributed by atoms with Crippen molar-refractivity contribution in [2.45, 2.75) is 46.3 Å². The van der Waals surface area contributed by atoms with Crippen molar-refractivity contribution < 1.29 is 4.74 Å². The Morgan fingerprint density at radius 2 is 2.24 bits per heavy atom. The fraction of sp³-hybridized carbons (Fsp3) is 0.667. The number of ether oxygens (including phenoxy) is 1. The number of nitrogens with zero attached hydrogens (tertiary/aromatic N) is 1. The van der Waals surface area contributed by atoms with Crippen LogP contribution in [0.4, 0.5) is 0 Å². The van der Waals surface area contributed by atoms with Gasteiger partial charge in [-0.3, -0.25) is 4.90 Å². The third kappa shape index (κ3) is 5.68. The highest BCUT2D eigenvalue weighted by Gasteiger charge is 2.19. The van der Waals surface area contributed by atoms with Gasteiger partial charge in [0, 0.05) is 13.1 Å². The summed E-state index contributed by atoms with van der Waals surface area (Å²) in [6, 6.07) is 8.55. The predicted molar refractivity (Wildman–Crippen MR) is 88.8 cm³/mol. The number of likely N-dealkylation sites (tertiary alicyclic amines) is 1. The Hall–Kier alpha value is -1.06. The zero-order chi connectivity index (χ0) is 15.1. The van der Waals surface area contributed by atoms with Gasteiger partial charge in [0.25, 0.3) is 0 Å². The van der Waals surface area contributed by atoms with E-state index in [1.807, 2.05) is 6.07 Å². The third-order valence-corrected chi connectivity index (χ3v) is 3.96. The fourth-order valence-electron chi connectivity index (χ4n) is 3.06. The van der Waals surface area contributed by atoms with E-state index < -0.39 is 0 Å². The van der Waals surface area contributed by atoms with E-state index in [1.54, 1.807) is 0 Å². The van der Waals surface area contributed by atoms with Crippen LogP contribution < -0.4 is 10.1 Å². The van der Waals surface area contributed by atoms with Crippen molar-refractivity contribution in [2.75, 3.05) is 26.2 Å². The van der Waals surface area contributed by atoms with Crippen LogP contribution in [0, 0.1) is 5.92 Å². The Kier molecular flexibility index (Phi) is 6.52. The predicted octanol–water partition coefficient (Wildman–Crippen LogP) is 3.30. The van der Waals surface area contributed by atoms with Crippen LogP contribution in [0.1, 0.15) is 39.2 Å². The number of rotatable bonds is 7. The highest BCUT2D eigenvalue weighted by molar-refractivity contribution is 5.28. The molecule has 1 aliphatic rings. The van der Waals surface area contributed by atoms with Crippen LogP contribution in [0.15, 0.2) is 24.3 Å². The molecular formula is C18H30N2O. The first-order chi connectivity index (χ1) is 10.2. The fourth-order valence-corrected chi connectivity index (χ4v) is 3.06. The molecule has 1 aliphatic heterocycles. The molecule has 0 spiro atoms. The van der Waals surface area contributed by atoms with Crippen molar-refractivity contribution in [2.24, 2.45) is 5.92 Å². The van der Waals surface area contributed by atoms with Crippen molar-refractivity contribution in [1.29, 1.82) is 0 Å². The van der Waals surface area contributed by atoms with Gasteiger partial charge in [0.1, 0.15) is 5.75 Å². The molecule has 2 rings (SSSR count). The van der Waals surface area contributed by atoms with Crippen LogP contribution in [0.25, 0.3) is 0 Å². The van der Waals surface area contributed by atoms with Crippen molar-refractivity contribution >= 4 is 0 Å². The van der Waals surface area contributed by atoms with Crippen LogP contribution in [-0.4, -0.2) is 37.2 Å². The van der Waals surface area contributed by atoms with Crippen LogP contribution in [0.2, 0.25) is 0 Å². The molecule has 0 aromatic heterocycles. The zero-order valence-electron chi connectivity index (χ0n) is 13.8. The molecule has 118 valence electrons. The van der Waals surface area contributed by atoms with Gasteiger partial charge in [-0.25, -0.2) is 0 Å². The smallest absolute Gasteiger partial charge is 0.120 e. The average molecular weight is 290 g/mol. The van der Waals surface area contributed by atoms with Gasteiger partial charge in [0.15, 0.2) is 0 Å². The molecule has 0 aliphatic carbocycles. The van der Waals surface area contributed by atoms with E-state index in [0.29, 0.717) is 0 Å². The largest absolute Gasteiger partial charge is 0.491 e. The summed E-state index contributed by atoms with van der Waals surface area (Å²) >= 11 is 0. The Bertz CT molecular complexity index is 419. The second-order valence-corrected chi connectivity index (χ2v) is 6.37. The van der Waals surface area contributed by atoms with E-state index in [2.05, 4.69) is 49.2 Å². The molecule has 1 aromatic carbocycles. The van der Waals surface area contributed by atoms with Crippen molar-refractivity contribution in [1.82, 2.24) is 10.2 Å². The van der Waals surface area contributed by atoms with Crippen molar-refractivity contribution in [3.63, 3.8) is 0 Å². The van der Waals surface area contributed by atoms with E-state index in [0.717, 1.165) is 31.3 Å². The van der Waals surface area contributed by atoms with Gasteiger partial charge in [0.2, 0.25) is 0 Å². The highest BCUT2D eigenvalue weighted by Crippen LogP contribution is 2.20. The standard InChI is InChI=1S/C18H30N2O/c1-4-19-12-17-8-6-10-20(14-17)13-16-7-5-9-18(11-16)21-15(2)3/h5,7,9,11,15,17,19H,4,6,8,10,12-14H2,1-3H3. The maximum atomic E-state index is 5.79. The topological polar surface area (TPSA) is 24.5 Å². The normalized spacial score (nSPS) is 19.9. The lowest BCUT2D eigenvalue weighted by atomic mass is 9.97. The van der Waals surface area contributed by atoms with Crippen molar-refractivity contribution in [3.05, 3.63) is 29.8 Å². The molecule has 1 heterocycles. The molecular weight excluding hydrogens is 260 g/mol. The molecule has 0 saturated carbocycles. The molecule has 1 unspecified atom stereocenters. The average Bonchev–Trinajstić information content (AvgIpc) is 2.45. The number of nitrogens with one attached hydrogen (secondary N) is 1. The van der Waals surface area contributed by atoms with Gasteiger partial charge in [-0.15, -0.1) is 0 Å². The summed E-state index contributed by atoms with van der Waals surface area (Å²) in [4.78, 5) is 2.58. The molecule has 1 atom stereocenters. The summed E-state index contributed by atoms with van der Waals surface area (Å²) in [7, 11) is 0. The Morgan fingerprint density at radius 3 is 3.00 bits per heavy atom. The van der Waals surface area contributed by atoms with E-state index in [1.165, 1.54) is 31.5 Å². The van der Waals surface area contributed by atoms with Gasteiger partial charge >= 0.3 is 0 Å².